The number of amides is 1. The molecule has 3 aromatic carbocycles. The average Bonchev–Trinajstić information content (AvgIpc) is 3.40. The van der Waals surface area contributed by atoms with E-state index in [1.807, 2.05) is 9.80 Å². The molecule has 9 nitrogen and oxygen atoms in total. The maximum atomic E-state index is 14.3. The number of para-hydroxylation sites is 1. The molecule has 2 aliphatic heterocycles. The van der Waals surface area contributed by atoms with E-state index in [-0.39, 0.29) is 29.9 Å². The number of sulfonamides is 1. The lowest BCUT2D eigenvalue weighted by Crippen LogP contribution is -2.47. The summed E-state index contributed by atoms with van der Waals surface area (Å²) < 4.78 is 54.7. The summed E-state index contributed by atoms with van der Waals surface area (Å²) in [6.45, 7) is 2.13. The molecule has 0 unspecified atom stereocenters. The van der Waals surface area contributed by atoms with Crippen LogP contribution >= 0.6 is 11.6 Å². The minimum absolute atomic E-state index is 0.0185. The number of carbonyl (C=O) groups is 1. The first-order chi connectivity index (χ1) is 18.3. The predicted molar refractivity (Wildman–Crippen MR) is 143 cm³/mol. The van der Waals surface area contributed by atoms with E-state index in [0.29, 0.717) is 60.3 Å². The molecule has 2 N–H and O–H groups in total. The summed E-state index contributed by atoms with van der Waals surface area (Å²) in [4.78, 5) is 15.8. The Bertz CT molecular complexity index is 1450. The number of hydrogen-bond donors (Lipinski definition) is 2. The maximum absolute atomic E-state index is 14.3. The third-order valence-electron chi connectivity index (χ3n) is 6.37. The lowest BCUT2D eigenvalue weighted by Gasteiger charge is -2.38. The first-order valence-corrected chi connectivity index (χ1v) is 14.0. The Balaban J connectivity index is 1.38. The van der Waals surface area contributed by atoms with Crippen molar-refractivity contribution in [3.8, 4) is 11.5 Å². The van der Waals surface area contributed by atoms with Crippen LogP contribution in [0.2, 0.25) is 0 Å². The molecule has 1 saturated heterocycles. The van der Waals surface area contributed by atoms with Gasteiger partial charge in [-0.2, -0.15) is 0 Å². The molecule has 12 heteroatoms. The molecular formula is C26H26ClFN4O5S. The smallest absolute Gasteiger partial charge is 0.243 e. The van der Waals surface area contributed by atoms with E-state index in [4.69, 9.17) is 21.1 Å². The van der Waals surface area contributed by atoms with Crippen LogP contribution in [0.5, 0.6) is 11.5 Å². The zero-order valence-corrected chi connectivity index (χ0v) is 21.9. The van der Waals surface area contributed by atoms with Gasteiger partial charge in [-0.1, -0.05) is 18.2 Å². The van der Waals surface area contributed by atoms with Crippen LogP contribution in [-0.4, -0.2) is 53.2 Å². The summed E-state index contributed by atoms with van der Waals surface area (Å²) in [6.07, 6.45) is 0. The van der Waals surface area contributed by atoms with Crippen molar-refractivity contribution in [2.24, 2.45) is 0 Å². The van der Waals surface area contributed by atoms with Crippen LogP contribution in [0.1, 0.15) is 5.56 Å². The number of ether oxygens (including phenoxy) is 2. The Labute approximate surface area is 225 Å². The first kappa shape index (κ1) is 26.1. The average molecular weight is 561 g/mol. The summed E-state index contributed by atoms with van der Waals surface area (Å²) in [6, 6.07) is 16.5. The second kappa shape index (κ2) is 11.1. The molecule has 0 saturated carbocycles. The topological polar surface area (TPSA) is 100 Å². The molecule has 0 radical (unpaired) electrons. The maximum Gasteiger partial charge on any atom is 0.243 e. The Morgan fingerprint density at radius 3 is 2.37 bits per heavy atom. The molecule has 2 heterocycles. The first-order valence-electron chi connectivity index (χ1n) is 12.0. The van der Waals surface area contributed by atoms with Crippen LogP contribution in [0, 0.1) is 5.82 Å². The van der Waals surface area contributed by atoms with Gasteiger partial charge in [-0.25, -0.2) is 17.5 Å². The third-order valence-corrected chi connectivity index (χ3v) is 8.04. The molecule has 0 atom stereocenters. The van der Waals surface area contributed by atoms with Gasteiger partial charge >= 0.3 is 0 Å². The highest BCUT2D eigenvalue weighted by Gasteiger charge is 2.27. The number of piperazine rings is 1. The van der Waals surface area contributed by atoms with Crippen molar-refractivity contribution in [2.45, 2.75) is 11.4 Å². The number of anilines is 3. The SMILES string of the molecule is O=C(CCl)Nc1ccc(N2CCN(c3ccccc3F)CC2)c(S(=O)(=O)NCc2ccc3c(c2)OCO3)c1. The van der Waals surface area contributed by atoms with Crippen molar-refractivity contribution in [1.29, 1.82) is 0 Å². The number of halogens is 2. The summed E-state index contributed by atoms with van der Waals surface area (Å²) in [7, 11) is -4.01. The van der Waals surface area contributed by atoms with Crippen LogP contribution in [0.3, 0.4) is 0 Å². The normalized spacial score (nSPS) is 15.0. The number of carbonyl (C=O) groups excluding carboxylic acids is 1. The minimum Gasteiger partial charge on any atom is -0.454 e. The van der Waals surface area contributed by atoms with Crippen molar-refractivity contribution in [3.05, 3.63) is 72.0 Å². The number of rotatable bonds is 8. The van der Waals surface area contributed by atoms with Crippen LogP contribution in [0.25, 0.3) is 0 Å². The molecule has 0 bridgehead atoms. The van der Waals surface area contributed by atoms with Crippen molar-refractivity contribution in [1.82, 2.24) is 4.72 Å². The van der Waals surface area contributed by atoms with E-state index < -0.39 is 15.9 Å². The second-order valence-electron chi connectivity index (χ2n) is 8.80. The van der Waals surface area contributed by atoms with Crippen LogP contribution in [0.15, 0.2) is 65.6 Å². The highest BCUT2D eigenvalue weighted by molar-refractivity contribution is 7.89. The van der Waals surface area contributed by atoms with Gasteiger partial charge < -0.3 is 24.6 Å². The zero-order valence-electron chi connectivity index (χ0n) is 20.3. The van der Waals surface area contributed by atoms with Gasteiger partial charge in [0.25, 0.3) is 0 Å². The largest absolute Gasteiger partial charge is 0.454 e. The van der Waals surface area contributed by atoms with Crippen molar-refractivity contribution in [2.75, 3.05) is 54.0 Å². The van der Waals surface area contributed by atoms with Gasteiger partial charge in [0.05, 0.1) is 11.4 Å². The molecule has 0 aliphatic carbocycles. The standard InChI is InChI=1S/C26H26ClFN4O5S/c27-15-26(33)30-19-6-7-22(32-11-9-31(10-12-32)21-4-2-1-3-20(21)28)25(14-19)38(34,35)29-16-18-5-8-23-24(13-18)37-17-36-23/h1-8,13-14,29H,9-12,15-17H2,(H,30,33). The van der Waals surface area contributed by atoms with Crippen molar-refractivity contribution in [3.63, 3.8) is 0 Å². The zero-order chi connectivity index (χ0) is 26.7. The molecule has 0 aromatic heterocycles. The van der Waals surface area contributed by atoms with Gasteiger partial charge in [-0.15, -0.1) is 11.6 Å². The summed E-state index contributed by atoms with van der Waals surface area (Å²) in [5.74, 6) is 0.160. The fraction of sp³-hybridized carbons (Fsp3) is 0.269. The Kier molecular flexibility index (Phi) is 7.59. The number of alkyl halides is 1. The van der Waals surface area contributed by atoms with Gasteiger partial charge in [-0.05, 0) is 48.0 Å². The predicted octanol–water partition coefficient (Wildman–Crippen LogP) is 3.54. The lowest BCUT2D eigenvalue weighted by atomic mass is 10.2. The molecule has 0 spiro atoms. The molecule has 3 aromatic rings. The van der Waals surface area contributed by atoms with E-state index in [1.54, 1.807) is 48.5 Å². The molecule has 5 rings (SSSR count). The van der Waals surface area contributed by atoms with Crippen LogP contribution in [0.4, 0.5) is 21.5 Å². The van der Waals surface area contributed by atoms with Gasteiger partial charge in [-0.3, -0.25) is 4.79 Å². The summed E-state index contributed by atoms with van der Waals surface area (Å²) in [5.41, 5.74) is 2.02. The van der Waals surface area contributed by atoms with E-state index >= 15 is 0 Å². The highest BCUT2D eigenvalue weighted by atomic mass is 35.5. The fourth-order valence-electron chi connectivity index (χ4n) is 4.47. The van der Waals surface area contributed by atoms with E-state index in [1.165, 1.54) is 12.1 Å². The molecular weight excluding hydrogens is 535 g/mol. The Morgan fingerprint density at radius 2 is 1.63 bits per heavy atom. The molecule has 1 amide bonds. The number of nitrogens with zero attached hydrogens (tertiary/aromatic N) is 2. The number of hydrogen-bond acceptors (Lipinski definition) is 7. The van der Waals surface area contributed by atoms with E-state index in [2.05, 4.69) is 10.0 Å². The van der Waals surface area contributed by atoms with E-state index in [9.17, 15) is 17.6 Å². The van der Waals surface area contributed by atoms with Crippen molar-refractivity contribution >= 4 is 44.6 Å². The van der Waals surface area contributed by atoms with Gasteiger partial charge in [0, 0.05) is 38.4 Å². The lowest BCUT2D eigenvalue weighted by molar-refractivity contribution is -0.113. The molecule has 1 fully saturated rings. The molecule has 2 aliphatic rings. The van der Waals surface area contributed by atoms with E-state index in [0.717, 1.165) is 0 Å². The summed E-state index contributed by atoms with van der Waals surface area (Å²) >= 11 is 5.62. The van der Waals surface area contributed by atoms with Gasteiger partial charge in [0.1, 0.15) is 16.6 Å². The van der Waals surface area contributed by atoms with Crippen molar-refractivity contribution < 1.29 is 27.1 Å². The molecule has 200 valence electrons. The Hall–Kier alpha value is -3.54. The number of benzene rings is 3. The fourth-order valence-corrected chi connectivity index (χ4v) is 5.80. The van der Waals surface area contributed by atoms with Crippen LogP contribution < -0.4 is 29.3 Å². The second-order valence-corrected chi connectivity index (χ2v) is 10.8. The quantitative estimate of drug-likeness (QED) is 0.407. The van der Waals surface area contributed by atoms with Crippen LogP contribution in [-0.2, 0) is 21.4 Å². The number of fused-ring (bicyclic) bond motifs is 1. The monoisotopic (exact) mass is 560 g/mol. The minimum atomic E-state index is -4.01. The summed E-state index contributed by atoms with van der Waals surface area (Å²) in [5, 5.41) is 2.61. The molecule has 38 heavy (non-hydrogen) atoms. The highest BCUT2D eigenvalue weighted by Crippen LogP contribution is 2.33. The number of nitrogens with one attached hydrogen (secondary N) is 2. The Morgan fingerprint density at radius 1 is 0.921 bits per heavy atom. The van der Waals surface area contributed by atoms with Gasteiger partial charge in [0.15, 0.2) is 11.5 Å². The third kappa shape index (κ3) is 5.64. The van der Waals surface area contributed by atoms with Gasteiger partial charge in [0.2, 0.25) is 22.7 Å².